The molecule has 1 aromatic rings. The van der Waals surface area contributed by atoms with Crippen molar-refractivity contribution in [2.45, 2.75) is 70.1 Å². The van der Waals surface area contributed by atoms with Crippen LogP contribution in [-0.4, -0.2) is 5.38 Å². The molecule has 3 heteroatoms. The first-order chi connectivity index (χ1) is 9.63. The van der Waals surface area contributed by atoms with Crippen molar-refractivity contribution in [3.8, 4) is 0 Å². The molecule has 0 aromatic heterocycles. The lowest BCUT2D eigenvalue weighted by atomic mass is 10.0. The summed E-state index contributed by atoms with van der Waals surface area (Å²) in [5, 5.41) is -0.0643. The van der Waals surface area contributed by atoms with E-state index in [0.29, 0.717) is 12.0 Å². The van der Waals surface area contributed by atoms with Crippen molar-refractivity contribution in [1.29, 1.82) is 0 Å². The molecule has 114 valence electrons. The minimum Gasteiger partial charge on any atom is -0.207 e. The van der Waals surface area contributed by atoms with Crippen LogP contribution in [0.25, 0.3) is 0 Å². The van der Waals surface area contributed by atoms with Crippen LogP contribution in [0.3, 0.4) is 0 Å². The predicted molar refractivity (Wildman–Crippen MR) is 82.3 cm³/mol. The van der Waals surface area contributed by atoms with Crippen LogP contribution in [-0.2, 0) is 6.42 Å². The second-order valence-corrected chi connectivity index (χ2v) is 6.06. The van der Waals surface area contributed by atoms with E-state index in [-0.39, 0.29) is 5.38 Å². The zero-order valence-electron chi connectivity index (χ0n) is 12.3. The molecule has 1 rings (SSSR count). The Hall–Kier alpha value is -0.630. The highest BCUT2D eigenvalue weighted by Gasteiger charge is 2.10. The third-order valence-electron chi connectivity index (χ3n) is 3.58. The zero-order valence-corrected chi connectivity index (χ0v) is 13.1. The summed E-state index contributed by atoms with van der Waals surface area (Å²) in [7, 11) is 0. The van der Waals surface area contributed by atoms with Gasteiger partial charge in [-0.05, 0) is 24.5 Å². The molecule has 0 fully saturated rings. The summed E-state index contributed by atoms with van der Waals surface area (Å²) in [5.41, 5.74) is 0.509. The van der Waals surface area contributed by atoms with Gasteiger partial charge in [0.1, 0.15) is 11.6 Å². The number of hydrogen-bond donors (Lipinski definition) is 0. The first-order valence-corrected chi connectivity index (χ1v) is 8.15. The molecule has 1 aromatic carbocycles. The van der Waals surface area contributed by atoms with Crippen LogP contribution >= 0.6 is 11.6 Å². The summed E-state index contributed by atoms with van der Waals surface area (Å²) in [4.78, 5) is 0. The van der Waals surface area contributed by atoms with E-state index in [1.165, 1.54) is 50.7 Å². The predicted octanol–water partition coefficient (Wildman–Crippen LogP) is 6.26. The highest BCUT2D eigenvalue weighted by molar-refractivity contribution is 6.20. The summed E-state index contributed by atoms with van der Waals surface area (Å²) in [6.07, 6.45) is 10.1. The van der Waals surface area contributed by atoms with Crippen LogP contribution in [0.1, 0.15) is 63.9 Å². The van der Waals surface area contributed by atoms with Crippen molar-refractivity contribution in [2.75, 3.05) is 0 Å². The molecule has 0 saturated heterocycles. The van der Waals surface area contributed by atoms with E-state index in [9.17, 15) is 8.78 Å². The van der Waals surface area contributed by atoms with E-state index in [0.717, 1.165) is 18.9 Å². The molecule has 0 radical (unpaired) electrons. The molecule has 0 nitrogen and oxygen atoms in total. The molecule has 0 heterocycles. The van der Waals surface area contributed by atoms with Crippen LogP contribution in [0.4, 0.5) is 8.78 Å². The highest BCUT2D eigenvalue weighted by Crippen LogP contribution is 2.18. The van der Waals surface area contributed by atoms with Gasteiger partial charge in [0.25, 0.3) is 0 Å². The summed E-state index contributed by atoms with van der Waals surface area (Å²) in [6.45, 7) is 2.21. The van der Waals surface area contributed by atoms with E-state index >= 15 is 0 Å². The van der Waals surface area contributed by atoms with Gasteiger partial charge < -0.3 is 0 Å². The average molecular weight is 303 g/mol. The summed E-state index contributed by atoms with van der Waals surface area (Å²) in [6, 6.07) is 3.70. The van der Waals surface area contributed by atoms with Crippen LogP contribution in [0, 0.1) is 11.6 Å². The summed E-state index contributed by atoms with van der Waals surface area (Å²) < 4.78 is 26.3. The van der Waals surface area contributed by atoms with Gasteiger partial charge in [0.05, 0.1) is 0 Å². The van der Waals surface area contributed by atoms with E-state index < -0.39 is 11.6 Å². The Balaban J connectivity index is 2.15. The highest BCUT2D eigenvalue weighted by atomic mass is 35.5. The Kier molecular flexibility index (Phi) is 8.84. The zero-order chi connectivity index (χ0) is 14.8. The monoisotopic (exact) mass is 302 g/mol. The Morgan fingerprint density at radius 2 is 1.65 bits per heavy atom. The second-order valence-electron chi connectivity index (χ2n) is 5.45. The molecule has 0 saturated carbocycles. The van der Waals surface area contributed by atoms with Crippen molar-refractivity contribution >= 4 is 11.6 Å². The maximum Gasteiger partial charge on any atom is 0.129 e. The molecule has 0 aliphatic rings. The quantitative estimate of drug-likeness (QED) is 0.354. The van der Waals surface area contributed by atoms with E-state index in [4.69, 9.17) is 11.6 Å². The summed E-state index contributed by atoms with van der Waals surface area (Å²) >= 11 is 6.23. The topological polar surface area (TPSA) is 0 Å². The number of alkyl halides is 1. The Labute approximate surface area is 126 Å². The molecule has 1 unspecified atom stereocenters. The van der Waals surface area contributed by atoms with Crippen LogP contribution in [0.2, 0.25) is 0 Å². The van der Waals surface area contributed by atoms with E-state index in [1.54, 1.807) is 0 Å². The van der Waals surface area contributed by atoms with Gasteiger partial charge in [-0.3, -0.25) is 0 Å². The Morgan fingerprint density at radius 3 is 2.30 bits per heavy atom. The molecule has 0 aliphatic heterocycles. The van der Waals surface area contributed by atoms with Crippen molar-refractivity contribution < 1.29 is 8.78 Å². The molecule has 0 amide bonds. The largest absolute Gasteiger partial charge is 0.207 e. The standard InChI is InChI=1S/C17H25ClF2/c1-2-3-4-5-6-7-8-9-15(18)12-14-10-11-16(19)13-17(14)20/h10-11,13,15H,2-9,12H2,1H3. The Morgan fingerprint density at radius 1 is 1.00 bits per heavy atom. The van der Waals surface area contributed by atoms with E-state index in [2.05, 4.69) is 6.92 Å². The number of hydrogen-bond acceptors (Lipinski definition) is 0. The van der Waals surface area contributed by atoms with Crippen LogP contribution < -0.4 is 0 Å². The lowest BCUT2D eigenvalue weighted by Crippen LogP contribution is -2.05. The number of benzene rings is 1. The number of rotatable bonds is 10. The van der Waals surface area contributed by atoms with Gasteiger partial charge in [-0.15, -0.1) is 11.6 Å². The molecular weight excluding hydrogens is 278 g/mol. The van der Waals surface area contributed by atoms with Gasteiger partial charge in [0.15, 0.2) is 0 Å². The van der Waals surface area contributed by atoms with Gasteiger partial charge >= 0.3 is 0 Å². The van der Waals surface area contributed by atoms with Gasteiger partial charge in [0, 0.05) is 11.4 Å². The van der Waals surface area contributed by atoms with Gasteiger partial charge in [0.2, 0.25) is 0 Å². The van der Waals surface area contributed by atoms with E-state index in [1.807, 2.05) is 0 Å². The molecule has 0 aliphatic carbocycles. The fourth-order valence-electron chi connectivity index (χ4n) is 2.35. The summed E-state index contributed by atoms with van der Waals surface area (Å²) in [5.74, 6) is -1.03. The molecule has 0 bridgehead atoms. The maximum absolute atomic E-state index is 13.5. The van der Waals surface area contributed by atoms with Gasteiger partial charge in [-0.25, -0.2) is 8.78 Å². The van der Waals surface area contributed by atoms with Crippen molar-refractivity contribution in [3.05, 3.63) is 35.4 Å². The lowest BCUT2D eigenvalue weighted by molar-refractivity contribution is 0.552. The third-order valence-corrected chi connectivity index (χ3v) is 3.95. The first-order valence-electron chi connectivity index (χ1n) is 7.71. The molecular formula is C17H25ClF2. The number of unbranched alkanes of at least 4 members (excludes halogenated alkanes) is 6. The lowest BCUT2D eigenvalue weighted by Gasteiger charge is -2.10. The van der Waals surface area contributed by atoms with Crippen molar-refractivity contribution in [3.63, 3.8) is 0 Å². The maximum atomic E-state index is 13.5. The fourth-order valence-corrected chi connectivity index (χ4v) is 2.67. The van der Waals surface area contributed by atoms with Crippen LogP contribution in [0.5, 0.6) is 0 Å². The van der Waals surface area contributed by atoms with Gasteiger partial charge in [-0.2, -0.15) is 0 Å². The molecule has 20 heavy (non-hydrogen) atoms. The second kappa shape index (κ2) is 10.1. The smallest absolute Gasteiger partial charge is 0.129 e. The van der Waals surface area contributed by atoms with Gasteiger partial charge in [-0.1, -0.05) is 57.9 Å². The minimum atomic E-state index is -0.538. The Bertz CT molecular complexity index is 379. The van der Waals surface area contributed by atoms with Crippen molar-refractivity contribution in [2.24, 2.45) is 0 Å². The fraction of sp³-hybridized carbons (Fsp3) is 0.647. The minimum absolute atomic E-state index is 0.0643. The molecule has 0 N–H and O–H groups in total. The molecule has 1 atom stereocenters. The van der Waals surface area contributed by atoms with Crippen molar-refractivity contribution in [1.82, 2.24) is 0 Å². The SMILES string of the molecule is CCCCCCCCCC(Cl)Cc1ccc(F)cc1F. The van der Waals surface area contributed by atoms with Crippen LogP contribution in [0.15, 0.2) is 18.2 Å². The normalized spacial score (nSPS) is 12.6. The molecule has 0 spiro atoms. The first kappa shape index (κ1) is 17.4. The number of halogens is 3. The third kappa shape index (κ3) is 7.23. The average Bonchev–Trinajstić information content (AvgIpc) is 2.41.